The molecule has 1 N–H and O–H groups in total. The van der Waals surface area contributed by atoms with Crippen molar-refractivity contribution >= 4 is 34.4 Å². The maximum Gasteiger partial charge on any atom is 0.367 e. The Bertz CT molecular complexity index is 481. The van der Waals surface area contributed by atoms with Crippen LogP contribution in [0.5, 0.6) is 0 Å². The quantitative estimate of drug-likeness (QED) is 0.506. The first-order valence-corrected chi connectivity index (χ1v) is 5.24. The van der Waals surface area contributed by atoms with Gasteiger partial charge in [-0.15, -0.1) is 0 Å². The van der Waals surface area contributed by atoms with Crippen molar-refractivity contribution in [3.05, 3.63) is 31.0 Å². The largest absolute Gasteiger partial charge is 0.481 e. The van der Waals surface area contributed by atoms with Gasteiger partial charge in [0.1, 0.15) is 0 Å². The number of carboxylic acid groups (broad SMARTS) is 1. The summed E-state index contributed by atoms with van der Waals surface area (Å²) < 4.78 is 24.9. The lowest BCUT2D eigenvalue weighted by molar-refractivity contribution is -0.390. The van der Waals surface area contributed by atoms with Gasteiger partial charge in [0, 0.05) is 0 Å². The average Bonchev–Trinajstić information content (AvgIpc) is 2.15. The summed E-state index contributed by atoms with van der Waals surface area (Å²) in [5.41, 5.74) is -0.914. The molecule has 0 unspecified atom stereocenters. The third-order valence-electron chi connectivity index (χ3n) is 1.78. The highest BCUT2D eigenvalue weighted by Crippen LogP contribution is 2.28. The van der Waals surface area contributed by atoms with Gasteiger partial charge in [0.15, 0.2) is 0 Å². The second-order valence-electron chi connectivity index (χ2n) is 2.97. The molecule has 1 rings (SSSR count). The number of aliphatic carboxylic acids is 1. The summed E-state index contributed by atoms with van der Waals surface area (Å²) in [6.07, 6.45) is -3.58. The van der Waals surface area contributed by atoms with E-state index in [0.717, 1.165) is 6.07 Å². The normalized spacial score (nSPS) is 10.6. The molecule has 17 heavy (non-hydrogen) atoms. The molecule has 0 atom stereocenters. The molecular weight excluding hydrogens is 353 g/mol. The van der Waals surface area contributed by atoms with Crippen LogP contribution in [0, 0.1) is 13.7 Å². The fourth-order valence-corrected chi connectivity index (χ4v) is 1.87. The lowest BCUT2D eigenvalue weighted by Crippen LogP contribution is -2.08. The first kappa shape index (κ1) is 13.7. The van der Waals surface area contributed by atoms with Gasteiger partial charge in [0.2, 0.25) is 5.69 Å². The molecular formula is C8H5F2IN2O4. The molecule has 0 amide bonds. The molecule has 0 saturated heterocycles. The van der Waals surface area contributed by atoms with Crippen LogP contribution in [0.25, 0.3) is 0 Å². The summed E-state index contributed by atoms with van der Waals surface area (Å²) in [6.45, 7) is 0. The number of pyridine rings is 1. The zero-order valence-electron chi connectivity index (χ0n) is 8.06. The summed E-state index contributed by atoms with van der Waals surface area (Å²) in [6, 6.07) is 1.04. The van der Waals surface area contributed by atoms with Gasteiger partial charge in [-0.25, -0.2) is 8.78 Å². The van der Waals surface area contributed by atoms with E-state index >= 15 is 0 Å². The number of alkyl halides is 2. The van der Waals surface area contributed by atoms with E-state index < -0.39 is 35.3 Å². The van der Waals surface area contributed by atoms with E-state index in [1.54, 1.807) is 0 Å². The van der Waals surface area contributed by atoms with Crippen molar-refractivity contribution in [2.24, 2.45) is 0 Å². The molecule has 0 saturated carbocycles. The maximum atomic E-state index is 12.5. The second kappa shape index (κ2) is 5.29. The zero-order chi connectivity index (χ0) is 13.2. The number of hydrogen-bond acceptors (Lipinski definition) is 4. The minimum atomic E-state index is -2.94. The molecule has 1 aromatic heterocycles. The van der Waals surface area contributed by atoms with Gasteiger partial charge >= 0.3 is 18.2 Å². The number of halogens is 3. The average molecular weight is 358 g/mol. The highest BCUT2D eigenvalue weighted by atomic mass is 127. The minimum Gasteiger partial charge on any atom is -0.481 e. The molecule has 0 fully saturated rings. The molecule has 92 valence electrons. The molecule has 0 aliphatic rings. The Morgan fingerprint density at radius 1 is 1.65 bits per heavy atom. The standard InChI is InChI=1S/C8H5F2IN2O4/c9-7(10)6-4(11)1-3(2-5(14)15)8(12-6)13(16)17/h1,7H,2H2,(H,14,15). The number of hydrogen-bond donors (Lipinski definition) is 1. The van der Waals surface area contributed by atoms with Crippen molar-refractivity contribution < 1.29 is 23.6 Å². The van der Waals surface area contributed by atoms with Crippen molar-refractivity contribution in [3.8, 4) is 0 Å². The van der Waals surface area contributed by atoms with Crippen LogP contribution in [0.1, 0.15) is 17.7 Å². The second-order valence-corrected chi connectivity index (χ2v) is 4.13. The third kappa shape index (κ3) is 3.28. The lowest BCUT2D eigenvalue weighted by atomic mass is 10.1. The van der Waals surface area contributed by atoms with E-state index in [1.807, 2.05) is 0 Å². The van der Waals surface area contributed by atoms with Crippen molar-refractivity contribution in [1.82, 2.24) is 4.98 Å². The number of aromatic nitrogens is 1. The molecule has 0 bridgehead atoms. The summed E-state index contributed by atoms with van der Waals surface area (Å²) in [7, 11) is 0. The fourth-order valence-electron chi connectivity index (χ4n) is 1.13. The van der Waals surface area contributed by atoms with Crippen LogP contribution < -0.4 is 0 Å². The van der Waals surface area contributed by atoms with Crippen LogP contribution >= 0.6 is 22.6 Å². The molecule has 1 heterocycles. The van der Waals surface area contributed by atoms with Gasteiger partial charge in [0.25, 0.3) is 0 Å². The Balaban J connectivity index is 3.35. The number of rotatable bonds is 4. The van der Waals surface area contributed by atoms with Gasteiger partial charge in [-0.05, 0) is 38.6 Å². The minimum absolute atomic E-state index is 0.000509. The van der Waals surface area contributed by atoms with Crippen LogP contribution in [0.4, 0.5) is 14.6 Å². The van der Waals surface area contributed by atoms with Crippen LogP contribution in [0.3, 0.4) is 0 Å². The van der Waals surface area contributed by atoms with E-state index in [1.165, 1.54) is 22.6 Å². The molecule has 9 heteroatoms. The summed E-state index contributed by atoms with van der Waals surface area (Å²) in [5.74, 6) is -2.14. The Kier molecular flexibility index (Phi) is 4.26. The van der Waals surface area contributed by atoms with Crippen molar-refractivity contribution in [3.63, 3.8) is 0 Å². The fraction of sp³-hybridized carbons (Fsp3) is 0.250. The number of carbonyl (C=O) groups is 1. The van der Waals surface area contributed by atoms with Gasteiger partial charge in [-0.3, -0.25) is 4.79 Å². The predicted octanol–water partition coefficient (Wildman–Crippen LogP) is 2.16. The van der Waals surface area contributed by atoms with Gasteiger partial charge in [0.05, 0.1) is 15.6 Å². The number of nitrogens with zero attached hydrogens (tertiary/aromatic N) is 2. The first-order valence-electron chi connectivity index (χ1n) is 4.16. The maximum absolute atomic E-state index is 12.5. The van der Waals surface area contributed by atoms with Crippen LogP contribution in [-0.2, 0) is 11.2 Å². The van der Waals surface area contributed by atoms with E-state index in [2.05, 4.69) is 4.98 Å². The molecule has 0 spiro atoms. The van der Waals surface area contributed by atoms with E-state index in [9.17, 15) is 23.7 Å². The Hall–Kier alpha value is -1.39. The molecule has 1 aromatic rings. The highest BCUT2D eigenvalue weighted by molar-refractivity contribution is 14.1. The van der Waals surface area contributed by atoms with E-state index in [0.29, 0.717) is 0 Å². The third-order valence-corrected chi connectivity index (χ3v) is 2.64. The Labute approximate surface area is 107 Å². The summed E-state index contributed by atoms with van der Waals surface area (Å²) >= 11 is 1.53. The zero-order valence-corrected chi connectivity index (χ0v) is 10.2. The molecule has 0 aliphatic carbocycles. The molecule has 0 aliphatic heterocycles. The van der Waals surface area contributed by atoms with Crippen molar-refractivity contribution in [2.75, 3.05) is 0 Å². The van der Waals surface area contributed by atoms with Crippen molar-refractivity contribution in [1.29, 1.82) is 0 Å². The highest BCUT2D eigenvalue weighted by Gasteiger charge is 2.27. The van der Waals surface area contributed by atoms with Gasteiger partial charge in [-0.1, -0.05) is 0 Å². The van der Waals surface area contributed by atoms with Crippen molar-refractivity contribution in [2.45, 2.75) is 12.8 Å². The SMILES string of the molecule is O=C(O)Cc1cc(I)c(C(F)F)nc1[N+](=O)[O-]. The smallest absolute Gasteiger partial charge is 0.367 e. The summed E-state index contributed by atoms with van der Waals surface area (Å²) in [4.78, 5) is 23.3. The molecule has 6 nitrogen and oxygen atoms in total. The lowest BCUT2D eigenvalue weighted by Gasteiger charge is -2.03. The first-order chi connectivity index (χ1) is 7.82. The number of nitro groups is 1. The van der Waals surface area contributed by atoms with Crippen LogP contribution in [0.15, 0.2) is 6.07 Å². The van der Waals surface area contributed by atoms with Gasteiger partial charge < -0.3 is 15.2 Å². The molecule has 0 aromatic carbocycles. The van der Waals surface area contributed by atoms with E-state index in [-0.39, 0.29) is 9.13 Å². The Morgan fingerprint density at radius 3 is 2.65 bits per heavy atom. The molecule has 0 radical (unpaired) electrons. The Morgan fingerprint density at radius 2 is 2.24 bits per heavy atom. The predicted molar refractivity (Wildman–Crippen MR) is 59.9 cm³/mol. The van der Waals surface area contributed by atoms with E-state index in [4.69, 9.17) is 5.11 Å². The topological polar surface area (TPSA) is 93.3 Å². The summed E-state index contributed by atoms with van der Waals surface area (Å²) in [5, 5.41) is 19.1. The van der Waals surface area contributed by atoms with Gasteiger partial charge in [-0.2, -0.15) is 0 Å². The number of carboxylic acids is 1. The van der Waals surface area contributed by atoms with Crippen LogP contribution in [-0.4, -0.2) is 21.0 Å². The monoisotopic (exact) mass is 358 g/mol. The van der Waals surface area contributed by atoms with Crippen LogP contribution in [0.2, 0.25) is 0 Å².